The van der Waals surface area contributed by atoms with Crippen LogP contribution < -0.4 is 0 Å². The maximum atomic E-state index is 12.2. The summed E-state index contributed by atoms with van der Waals surface area (Å²) in [7, 11) is 4.17. The zero-order valence-corrected chi connectivity index (χ0v) is 16.8. The number of likely N-dealkylation sites (tertiary alicyclic amines) is 1. The summed E-state index contributed by atoms with van der Waals surface area (Å²) in [4.78, 5) is 24.0. The van der Waals surface area contributed by atoms with E-state index >= 15 is 0 Å². The lowest BCUT2D eigenvalue weighted by Gasteiger charge is -2.49. The number of nitrogens with zero attached hydrogens (tertiary/aromatic N) is 5. The molecule has 1 amide bonds. The largest absolute Gasteiger partial charge is 0.346 e. The van der Waals surface area contributed by atoms with E-state index in [2.05, 4.69) is 52.6 Å². The maximum absolute atomic E-state index is 12.2. The number of fused-ring (bicyclic) bond motifs is 1. The highest BCUT2D eigenvalue weighted by molar-refractivity contribution is 5.76. The first kappa shape index (κ1) is 18.4. The Balaban J connectivity index is 1.56. The molecule has 1 aromatic heterocycles. The van der Waals surface area contributed by atoms with Gasteiger partial charge in [0, 0.05) is 51.7 Å². The lowest BCUT2D eigenvalue weighted by molar-refractivity contribution is -0.129. The van der Waals surface area contributed by atoms with E-state index < -0.39 is 0 Å². The van der Waals surface area contributed by atoms with Crippen LogP contribution >= 0.6 is 0 Å². The van der Waals surface area contributed by atoms with Crippen molar-refractivity contribution in [3.05, 3.63) is 30.1 Å². The van der Waals surface area contributed by atoms with Crippen molar-refractivity contribution >= 4 is 16.9 Å². The van der Waals surface area contributed by atoms with Crippen LogP contribution in [0.15, 0.2) is 24.3 Å². The van der Waals surface area contributed by atoms with Crippen molar-refractivity contribution in [2.45, 2.75) is 44.8 Å². The van der Waals surface area contributed by atoms with Crippen LogP contribution in [0, 0.1) is 0 Å². The second-order valence-electron chi connectivity index (χ2n) is 8.18. The van der Waals surface area contributed by atoms with Crippen molar-refractivity contribution in [2.24, 2.45) is 0 Å². The molecule has 1 unspecified atom stereocenters. The zero-order valence-electron chi connectivity index (χ0n) is 16.8. The number of piperazine rings is 1. The lowest BCUT2D eigenvalue weighted by atomic mass is 9.86. The Labute approximate surface area is 161 Å². The minimum atomic E-state index is 0.0989. The molecule has 2 saturated heterocycles. The zero-order chi connectivity index (χ0) is 19.0. The Morgan fingerprint density at radius 2 is 1.93 bits per heavy atom. The number of aromatic nitrogens is 2. The van der Waals surface area contributed by atoms with Gasteiger partial charge in [-0.25, -0.2) is 4.98 Å². The van der Waals surface area contributed by atoms with E-state index in [9.17, 15) is 4.79 Å². The molecule has 6 heteroatoms. The standard InChI is InChI=1S/C21H31N5O/c1-4-26-18-8-6-5-7-17(18)22-19(26)15-25-14-13-24(3)21(16-25)10-9-20(27)23(2)12-11-21/h5-8H,4,9-16H2,1-3H3. The van der Waals surface area contributed by atoms with E-state index in [1.54, 1.807) is 0 Å². The molecule has 0 N–H and O–H groups in total. The number of hydrogen-bond acceptors (Lipinski definition) is 4. The normalized spacial score (nSPS) is 25.4. The maximum Gasteiger partial charge on any atom is 0.222 e. The fraction of sp³-hybridized carbons (Fsp3) is 0.619. The van der Waals surface area contributed by atoms with Gasteiger partial charge < -0.3 is 9.47 Å². The number of carbonyl (C=O) groups is 1. The second-order valence-corrected chi connectivity index (χ2v) is 8.18. The Bertz CT molecular complexity index is 831. The van der Waals surface area contributed by atoms with Gasteiger partial charge in [-0.1, -0.05) is 12.1 Å². The SMILES string of the molecule is CCn1c(CN2CCN(C)C3(CCC(=O)N(C)CC3)C2)nc2ccccc21. The van der Waals surface area contributed by atoms with Crippen LogP contribution in [0.4, 0.5) is 0 Å². The van der Waals surface area contributed by atoms with E-state index in [1.165, 1.54) is 5.52 Å². The summed E-state index contributed by atoms with van der Waals surface area (Å²) in [6.45, 7) is 7.97. The van der Waals surface area contributed by atoms with E-state index in [-0.39, 0.29) is 11.4 Å². The number of rotatable bonds is 3. The van der Waals surface area contributed by atoms with Gasteiger partial charge in [0.1, 0.15) is 5.82 Å². The summed E-state index contributed by atoms with van der Waals surface area (Å²) in [6.07, 6.45) is 2.65. The summed E-state index contributed by atoms with van der Waals surface area (Å²) >= 11 is 0. The van der Waals surface area contributed by atoms with Gasteiger partial charge in [-0.2, -0.15) is 0 Å². The lowest BCUT2D eigenvalue weighted by Crippen LogP contribution is -2.60. The summed E-state index contributed by atoms with van der Waals surface area (Å²) in [5, 5.41) is 0. The number of benzene rings is 1. The van der Waals surface area contributed by atoms with Gasteiger partial charge in [0.05, 0.1) is 17.6 Å². The second kappa shape index (κ2) is 7.24. The molecule has 2 aromatic rings. The van der Waals surface area contributed by atoms with Gasteiger partial charge in [0.2, 0.25) is 5.91 Å². The highest BCUT2D eigenvalue weighted by atomic mass is 16.2. The minimum Gasteiger partial charge on any atom is -0.346 e. The molecule has 0 aliphatic carbocycles. The fourth-order valence-corrected chi connectivity index (χ4v) is 4.77. The average Bonchev–Trinajstić information content (AvgIpc) is 2.96. The van der Waals surface area contributed by atoms with Crippen LogP contribution in [0.1, 0.15) is 32.0 Å². The molecule has 2 aliphatic rings. The third-order valence-corrected chi connectivity index (χ3v) is 6.64. The Kier molecular flexibility index (Phi) is 4.95. The molecule has 6 nitrogen and oxygen atoms in total. The van der Waals surface area contributed by atoms with Crippen molar-refractivity contribution in [1.82, 2.24) is 24.3 Å². The monoisotopic (exact) mass is 369 g/mol. The van der Waals surface area contributed by atoms with Crippen molar-refractivity contribution in [3.63, 3.8) is 0 Å². The molecule has 0 saturated carbocycles. The Morgan fingerprint density at radius 3 is 2.74 bits per heavy atom. The number of amides is 1. The quantitative estimate of drug-likeness (QED) is 0.832. The van der Waals surface area contributed by atoms with Gasteiger partial charge in [-0.15, -0.1) is 0 Å². The van der Waals surface area contributed by atoms with Gasteiger partial charge in [0.25, 0.3) is 0 Å². The van der Waals surface area contributed by atoms with Crippen LogP contribution in [0.25, 0.3) is 11.0 Å². The van der Waals surface area contributed by atoms with Crippen molar-refractivity contribution < 1.29 is 4.79 Å². The molecule has 2 fully saturated rings. The van der Waals surface area contributed by atoms with Crippen LogP contribution in [-0.4, -0.2) is 76.0 Å². The molecule has 1 spiro atoms. The third kappa shape index (κ3) is 3.36. The first-order chi connectivity index (χ1) is 13.0. The van der Waals surface area contributed by atoms with Crippen LogP contribution in [0.3, 0.4) is 0 Å². The highest BCUT2D eigenvalue weighted by Crippen LogP contribution is 2.32. The van der Waals surface area contributed by atoms with E-state index in [0.717, 1.165) is 63.5 Å². The Morgan fingerprint density at radius 1 is 1.11 bits per heavy atom. The molecule has 4 rings (SSSR count). The summed E-state index contributed by atoms with van der Waals surface area (Å²) in [5.41, 5.74) is 2.40. The van der Waals surface area contributed by atoms with E-state index in [0.29, 0.717) is 6.42 Å². The smallest absolute Gasteiger partial charge is 0.222 e. The molecule has 0 radical (unpaired) electrons. The molecule has 1 aromatic carbocycles. The highest BCUT2D eigenvalue weighted by Gasteiger charge is 2.41. The molecule has 27 heavy (non-hydrogen) atoms. The van der Waals surface area contributed by atoms with Gasteiger partial charge in [-0.05, 0) is 38.9 Å². The molecule has 1 atom stereocenters. The molecule has 0 bridgehead atoms. The third-order valence-electron chi connectivity index (χ3n) is 6.64. The summed E-state index contributed by atoms with van der Waals surface area (Å²) in [6, 6.07) is 8.41. The number of likely N-dealkylation sites (N-methyl/N-ethyl adjacent to an activating group) is 1. The molecule has 146 valence electrons. The van der Waals surface area contributed by atoms with Crippen LogP contribution in [0.2, 0.25) is 0 Å². The topological polar surface area (TPSA) is 44.6 Å². The minimum absolute atomic E-state index is 0.0989. The number of imidazole rings is 1. The number of para-hydroxylation sites is 2. The number of hydrogen-bond donors (Lipinski definition) is 0. The van der Waals surface area contributed by atoms with Crippen LogP contribution in [0.5, 0.6) is 0 Å². The first-order valence-electron chi connectivity index (χ1n) is 10.1. The molecule has 3 heterocycles. The molecule has 2 aliphatic heterocycles. The number of aryl methyl sites for hydroxylation is 1. The first-order valence-corrected chi connectivity index (χ1v) is 10.1. The van der Waals surface area contributed by atoms with Crippen molar-refractivity contribution in [2.75, 3.05) is 40.3 Å². The van der Waals surface area contributed by atoms with E-state index in [4.69, 9.17) is 4.98 Å². The van der Waals surface area contributed by atoms with Crippen molar-refractivity contribution in [1.29, 1.82) is 0 Å². The summed E-state index contributed by atoms with van der Waals surface area (Å²) in [5.74, 6) is 1.44. The molecular weight excluding hydrogens is 338 g/mol. The van der Waals surface area contributed by atoms with E-state index in [1.807, 2.05) is 11.9 Å². The van der Waals surface area contributed by atoms with Gasteiger partial charge in [0.15, 0.2) is 0 Å². The predicted molar refractivity (Wildman–Crippen MR) is 108 cm³/mol. The average molecular weight is 370 g/mol. The summed E-state index contributed by atoms with van der Waals surface area (Å²) < 4.78 is 2.34. The van der Waals surface area contributed by atoms with Gasteiger partial charge >= 0.3 is 0 Å². The fourth-order valence-electron chi connectivity index (χ4n) is 4.77. The van der Waals surface area contributed by atoms with Gasteiger partial charge in [-0.3, -0.25) is 14.6 Å². The van der Waals surface area contributed by atoms with Crippen molar-refractivity contribution in [3.8, 4) is 0 Å². The predicted octanol–water partition coefficient (Wildman–Crippen LogP) is 2.18. The van der Waals surface area contributed by atoms with Crippen LogP contribution in [-0.2, 0) is 17.9 Å². The molecular formula is C21H31N5O. The Hall–Kier alpha value is -1.92. The number of carbonyl (C=O) groups excluding carboxylic acids is 1.